The van der Waals surface area contributed by atoms with E-state index < -0.39 is 0 Å². The Labute approximate surface area is 179 Å². The van der Waals surface area contributed by atoms with Gasteiger partial charge >= 0.3 is 5.97 Å². The van der Waals surface area contributed by atoms with E-state index in [9.17, 15) is 9.59 Å². The van der Waals surface area contributed by atoms with Crippen molar-refractivity contribution in [3.05, 3.63) is 23.8 Å². The highest BCUT2D eigenvalue weighted by atomic mass is 16.5. The second-order valence-electron chi connectivity index (χ2n) is 8.70. The average molecular weight is 419 g/mol. The van der Waals surface area contributed by atoms with E-state index in [2.05, 4.69) is 4.99 Å². The summed E-state index contributed by atoms with van der Waals surface area (Å²) in [4.78, 5) is 31.8. The fourth-order valence-electron chi connectivity index (χ4n) is 2.78. The summed E-state index contributed by atoms with van der Waals surface area (Å²) in [7, 11) is 1.80. The molecular formula is C22H34N4O4. The quantitative estimate of drug-likeness (QED) is 0.489. The summed E-state index contributed by atoms with van der Waals surface area (Å²) in [5.41, 5.74) is 7.62. The molecule has 0 atom stereocenters. The molecule has 1 amide bonds. The van der Waals surface area contributed by atoms with Crippen LogP contribution >= 0.6 is 0 Å². The minimum atomic E-state index is -0.333. The molecule has 2 N–H and O–H groups in total. The molecule has 0 fully saturated rings. The molecule has 30 heavy (non-hydrogen) atoms. The molecule has 0 aromatic heterocycles. The highest BCUT2D eigenvalue weighted by molar-refractivity contribution is 5.87. The van der Waals surface area contributed by atoms with Crippen molar-refractivity contribution in [2.45, 2.75) is 47.1 Å². The first-order chi connectivity index (χ1) is 14.1. The standard InChI is InChI=1S/C22H34N4O4/c1-6-25(5)19(27)8-7-11-29-17-9-10-18-16(12-17)13-26(21(23)24-18)14-20(28)30-15-22(2,3)4/h9-10,12H,6-8,11,13-15H2,1-5H3,(H2,23,24). The van der Waals surface area contributed by atoms with Gasteiger partial charge in [0.05, 0.1) is 18.9 Å². The van der Waals surface area contributed by atoms with Crippen LogP contribution in [-0.4, -0.2) is 61.0 Å². The number of aliphatic imine (C=N–C) groups is 1. The Hall–Kier alpha value is -2.77. The predicted octanol–water partition coefficient (Wildman–Crippen LogP) is 2.68. The molecule has 0 aliphatic carbocycles. The lowest BCUT2D eigenvalue weighted by Crippen LogP contribution is -2.42. The van der Waals surface area contributed by atoms with E-state index in [0.29, 0.717) is 50.9 Å². The van der Waals surface area contributed by atoms with Gasteiger partial charge in [0.15, 0.2) is 5.96 Å². The Kier molecular flexibility index (Phi) is 8.08. The smallest absolute Gasteiger partial charge is 0.325 e. The molecule has 1 heterocycles. The van der Waals surface area contributed by atoms with E-state index in [4.69, 9.17) is 15.2 Å². The lowest BCUT2D eigenvalue weighted by atomic mass is 9.99. The van der Waals surface area contributed by atoms with Crippen molar-refractivity contribution in [1.29, 1.82) is 0 Å². The van der Waals surface area contributed by atoms with E-state index in [1.165, 1.54) is 0 Å². The second-order valence-corrected chi connectivity index (χ2v) is 8.70. The third-order valence-electron chi connectivity index (χ3n) is 4.66. The molecule has 1 aromatic rings. The number of rotatable bonds is 9. The Morgan fingerprint density at radius 2 is 2.03 bits per heavy atom. The zero-order valence-electron chi connectivity index (χ0n) is 18.7. The minimum absolute atomic E-state index is 0.0446. The van der Waals surface area contributed by atoms with Crippen LogP contribution in [0.15, 0.2) is 23.2 Å². The van der Waals surface area contributed by atoms with Gasteiger partial charge in [0.2, 0.25) is 5.91 Å². The van der Waals surface area contributed by atoms with Crippen molar-refractivity contribution in [2.75, 3.05) is 33.4 Å². The Balaban J connectivity index is 1.89. The summed E-state index contributed by atoms with van der Waals surface area (Å²) in [6.07, 6.45) is 1.11. The van der Waals surface area contributed by atoms with Crippen molar-refractivity contribution in [1.82, 2.24) is 9.80 Å². The van der Waals surface area contributed by atoms with Gasteiger partial charge in [-0.1, -0.05) is 20.8 Å². The second kappa shape index (κ2) is 10.3. The van der Waals surface area contributed by atoms with E-state index in [0.717, 1.165) is 11.3 Å². The van der Waals surface area contributed by atoms with Crippen LogP contribution in [0, 0.1) is 5.41 Å². The van der Waals surface area contributed by atoms with Crippen molar-refractivity contribution in [3.8, 4) is 5.75 Å². The normalized spacial score (nSPS) is 13.4. The fourth-order valence-corrected chi connectivity index (χ4v) is 2.78. The van der Waals surface area contributed by atoms with Gasteiger partial charge in [-0.05, 0) is 37.0 Å². The minimum Gasteiger partial charge on any atom is -0.494 e. The summed E-state index contributed by atoms with van der Waals surface area (Å²) in [5, 5.41) is 0. The van der Waals surface area contributed by atoms with Gasteiger partial charge in [-0.2, -0.15) is 0 Å². The SMILES string of the molecule is CCN(C)C(=O)CCCOc1ccc2c(c1)CN(CC(=O)OCC(C)(C)C)C(N)=N2. The van der Waals surface area contributed by atoms with Crippen LogP contribution in [-0.2, 0) is 20.9 Å². The molecule has 8 nitrogen and oxygen atoms in total. The number of carbonyl (C=O) groups excluding carboxylic acids is 2. The third-order valence-corrected chi connectivity index (χ3v) is 4.66. The van der Waals surface area contributed by atoms with Gasteiger partial charge in [-0.25, -0.2) is 4.99 Å². The first-order valence-electron chi connectivity index (χ1n) is 10.3. The van der Waals surface area contributed by atoms with Crippen LogP contribution in [0.25, 0.3) is 0 Å². The summed E-state index contributed by atoms with van der Waals surface area (Å²) >= 11 is 0. The zero-order valence-corrected chi connectivity index (χ0v) is 18.7. The largest absolute Gasteiger partial charge is 0.494 e. The van der Waals surface area contributed by atoms with Crippen molar-refractivity contribution in [2.24, 2.45) is 16.1 Å². The summed E-state index contributed by atoms with van der Waals surface area (Å²) in [6, 6.07) is 5.59. The van der Waals surface area contributed by atoms with Crippen LogP contribution in [0.5, 0.6) is 5.75 Å². The molecule has 0 saturated carbocycles. The molecule has 1 aliphatic rings. The number of fused-ring (bicyclic) bond motifs is 1. The molecule has 0 spiro atoms. The van der Waals surface area contributed by atoms with Crippen LogP contribution in [0.4, 0.5) is 5.69 Å². The van der Waals surface area contributed by atoms with Crippen LogP contribution < -0.4 is 10.5 Å². The monoisotopic (exact) mass is 418 g/mol. The molecule has 8 heteroatoms. The molecule has 0 bridgehead atoms. The van der Waals surface area contributed by atoms with Crippen molar-refractivity contribution >= 4 is 23.5 Å². The van der Waals surface area contributed by atoms with Gasteiger partial charge in [-0.3, -0.25) is 9.59 Å². The maximum atomic E-state index is 12.2. The molecular weight excluding hydrogens is 384 g/mol. The number of hydrogen-bond acceptors (Lipinski definition) is 7. The number of ether oxygens (including phenoxy) is 2. The van der Waals surface area contributed by atoms with Gasteiger partial charge in [-0.15, -0.1) is 0 Å². The van der Waals surface area contributed by atoms with E-state index >= 15 is 0 Å². The lowest BCUT2D eigenvalue weighted by molar-refractivity contribution is -0.146. The topological polar surface area (TPSA) is 97.5 Å². The zero-order chi connectivity index (χ0) is 22.3. The molecule has 0 radical (unpaired) electrons. The van der Waals surface area contributed by atoms with E-state index in [1.807, 2.05) is 45.9 Å². The Morgan fingerprint density at radius 1 is 1.30 bits per heavy atom. The number of nitrogens with zero attached hydrogens (tertiary/aromatic N) is 3. The summed E-state index contributed by atoms with van der Waals surface area (Å²) in [5.74, 6) is 0.782. The fraction of sp³-hybridized carbons (Fsp3) is 0.591. The van der Waals surface area contributed by atoms with Crippen LogP contribution in [0.2, 0.25) is 0 Å². The number of guanidine groups is 1. The number of carbonyl (C=O) groups is 2. The number of esters is 1. The molecule has 1 aliphatic heterocycles. The Bertz CT molecular complexity index is 786. The summed E-state index contributed by atoms with van der Waals surface area (Å²) in [6.45, 7) is 9.97. The Morgan fingerprint density at radius 3 is 2.70 bits per heavy atom. The van der Waals surface area contributed by atoms with Crippen LogP contribution in [0.1, 0.15) is 46.1 Å². The molecule has 166 valence electrons. The molecule has 0 unspecified atom stereocenters. The van der Waals surface area contributed by atoms with Crippen molar-refractivity contribution in [3.63, 3.8) is 0 Å². The number of hydrogen-bond donors (Lipinski definition) is 1. The third kappa shape index (κ3) is 7.24. The first-order valence-corrected chi connectivity index (χ1v) is 10.3. The highest BCUT2D eigenvalue weighted by Crippen LogP contribution is 2.29. The first kappa shape index (κ1) is 23.5. The van der Waals surface area contributed by atoms with E-state index in [-0.39, 0.29) is 23.8 Å². The predicted molar refractivity (Wildman–Crippen MR) is 117 cm³/mol. The maximum Gasteiger partial charge on any atom is 0.325 e. The molecule has 0 saturated heterocycles. The number of nitrogens with two attached hydrogens (primary N) is 1. The van der Waals surface area contributed by atoms with Gasteiger partial charge < -0.3 is 25.0 Å². The maximum absolute atomic E-state index is 12.2. The number of amides is 1. The van der Waals surface area contributed by atoms with Gasteiger partial charge in [0.25, 0.3) is 0 Å². The highest BCUT2D eigenvalue weighted by Gasteiger charge is 2.22. The molecule has 1 aromatic carbocycles. The van der Waals surface area contributed by atoms with Crippen molar-refractivity contribution < 1.29 is 19.1 Å². The average Bonchev–Trinajstić information content (AvgIpc) is 2.69. The van der Waals surface area contributed by atoms with Gasteiger partial charge in [0.1, 0.15) is 12.3 Å². The number of benzene rings is 1. The van der Waals surface area contributed by atoms with Crippen LogP contribution in [0.3, 0.4) is 0 Å². The summed E-state index contributed by atoms with van der Waals surface area (Å²) < 4.78 is 11.1. The lowest BCUT2D eigenvalue weighted by Gasteiger charge is -2.28. The van der Waals surface area contributed by atoms with E-state index in [1.54, 1.807) is 16.8 Å². The van der Waals surface area contributed by atoms with Gasteiger partial charge in [0, 0.05) is 32.1 Å². The molecule has 2 rings (SSSR count).